The fourth-order valence-corrected chi connectivity index (χ4v) is 2.77. The number of aryl methyl sites for hydroxylation is 2. The molecule has 1 aliphatic heterocycles. The highest BCUT2D eigenvalue weighted by Crippen LogP contribution is 2.16. The minimum absolute atomic E-state index is 0.0625. The van der Waals surface area contributed by atoms with Crippen LogP contribution in [0.25, 0.3) is 0 Å². The van der Waals surface area contributed by atoms with Crippen molar-refractivity contribution in [3.63, 3.8) is 0 Å². The topological polar surface area (TPSA) is 89.2 Å². The standard InChI is InChI=1S/C16H20N4O3/c1-10-8-20-9-12(3-6-15(20)18-10)19-16(22)14-5-4-13(23-14)7-17-11(2)21/h4-5,8,12H,3,6-7,9H2,1-2H3,(H,17,21)(H,19,22)/t12-/m1/s1. The third-order valence-corrected chi connectivity index (χ3v) is 3.85. The summed E-state index contributed by atoms with van der Waals surface area (Å²) in [5.41, 5.74) is 1.00. The largest absolute Gasteiger partial charge is 0.454 e. The summed E-state index contributed by atoms with van der Waals surface area (Å²) in [5, 5.41) is 5.63. The van der Waals surface area contributed by atoms with E-state index in [4.69, 9.17) is 4.42 Å². The Morgan fingerprint density at radius 3 is 3.04 bits per heavy atom. The average Bonchev–Trinajstić information content (AvgIpc) is 3.10. The highest BCUT2D eigenvalue weighted by Gasteiger charge is 2.22. The van der Waals surface area contributed by atoms with E-state index >= 15 is 0 Å². The molecule has 0 radical (unpaired) electrons. The number of fused-ring (bicyclic) bond motifs is 1. The van der Waals surface area contributed by atoms with E-state index in [1.165, 1.54) is 6.92 Å². The lowest BCUT2D eigenvalue weighted by atomic mass is 10.1. The smallest absolute Gasteiger partial charge is 0.287 e. The Bertz CT molecular complexity index is 732. The van der Waals surface area contributed by atoms with E-state index < -0.39 is 0 Å². The number of hydrogen-bond acceptors (Lipinski definition) is 4. The molecule has 2 aromatic heterocycles. The number of rotatable bonds is 4. The molecule has 7 nitrogen and oxygen atoms in total. The van der Waals surface area contributed by atoms with Crippen LogP contribution < -0.4 is 10.6 Å². The van der Waals surface area contributed by atoms with Crippen molar-refractivity contribution in [3.8, 4) is 0 Å². The Kier molecular flexibility index (Phi) is 4.18. The molecule has 1 aliphatic rings. The number of imidazole rings is 1. The van der Waals surface area contributed by atoms with Crippen LogP contribution in [0.15, 0.2) is 22.7 Å². The van der Waals surface area contributed by atoms with Crippen LogP contribution in [0, 0.1) is 6.92 Å². The quantitative estimate of drug-likeness (QED) is 0.886. The number of nitrogens with one attached hydrogen (secondary N) is 2. The lowest BCUT2D eigenvalue weighted by Gasteiger charge is -2.24. The Hall–Kier alpha value is -2.57. The van der Waals surface area contributed by atoms with Gasteiger partial charge in [0.05, 0.1) is 12.2 Å². The van der Waals surface area contributed by atoms with Crippen molar-refractivity contribution in [2.24, 2.45) is 0 Å². The zero-order valence-corrected chi connectivity index (χ0v) is 13.3. The molecule has 0 aromatic carbocycles. The molecule has 1 atom stereocenters. The predicted molar refractivity (Wildman–Crippen MR) is 82.8 cm³/mol. The SMILES string of the molecule is CC(=O)NCc1ccc(C(=O)N[C@@H]2CCc3nc(C)cn3C2)o1. The van der Waals surface area contributed by atoms with Gasteiger partial charge in [0.25, 0.3) is 5.91 Å². The lowest BCUT2D eigenvalue weighted by molar-refractivity contribution is -0.119. The Morgan fingerprint density at radius 2 is 2.26 bits per heavy atom. The van der Waals surface area contributed by atoms with Gasteiger partial charge in [-0.15, -0.1) is 0 Å². The molecular formula is C16H20N4O3. The van der Waals surface area contributed by atoms with Gasteiger partial charge in [-0.05, 0) is 25.5 Å². The van der Waals surface area contributed by atoms with Crippen LogP contribution in [0.4, 0.5) is 0 Å². The predicted octanol–water partition coefficient (Wildman–Crippen LogP) is 1.17. The van der Waals surface area contributed by atoms with Gasteiger partial charge in [0.15, 0.2) is 5.76 Å². The van der Waals surface area contributed by atoms with Gasteiger partial charge in [0.2, 0.25) is 5.91 Å². The van der Waals surface area contributed by atoms with Gasteiger partial charge >= 0.3 is 0 Å². The molecule has 3 heterocycles. The van der Waals surface area contributed by atoms with Gasteiger partial charge in [-0.3, -0.25) is 9.59 Å². The summed E-state index contributed by atoms with van der Waals surface area (Å²) < 4.78 is 7.56. The van der Waals surface area contributed by atoms with E-state index in [1.807, 2.05) is 13.1 Å². The Balaban J connectivity index is 1.58. The summed E-state index contributed by atoms with van der Waals surface area (Å²) in [6.45, 7) is 4.41. The molecule has 0 spiro atoms. The molecule has 0 saturated carbocycles. The number of furan rings is 1. The van der Waals surface area contributed by atoms with Crippen molar-refractivity contribution in [1.29, 1.82) is 0 Å². The van der Waals surface area contributed by atoms with Crippen LogP contribution in [0.2, 0.25) is 0 Å². The number of carbonyl (C=O) groups excluding carboxylic acids is 2. The van der Waals surface area contributed by atoms with Gasteiger partial charge < -0.3 is 19.6 Å². The van der Waals surface area contributed by atoms with Gasteiger partial charge in [-0.1, -0.05) is 0 Å². The van der Waals surface area contributed by atoms with Crippen molar-refractivity contribution in [2.45, 2.75) is 45.8 Å². The first-order valence-corrected chi connectivity index (χ1v) is 7.68. The monoisotopic (exact) mass is 316 g/mol. The second-order valence-electron chi connectivity index (χ2n) is 5.84. The number of amides is 2. The van der Waals surface area contributed by atoms with Gasteiger partial charge in [-0.25, -0.2) is 4.98 Å². The highest BCUT2D eigenvalue weighted by atomic mass is 16.4. The summed E-state index contributed by atoms with van der Waals surface area (Å²) in [7, 11) is 0. The first-order chi connectivity index (χ1) is 11.0. The van der Waals surface area contributed by atoms with E-state index in [2.05, 4.69) is 20.2 Å². The normalized spacial score (nSPS) is 16.7. The second kappa shape index (κ2) is 6.28. The highest BCUT2D eigenvalue weighted by molar-refractivity contribution is 5.91. The number of hydrogen-bond donors (Lipinski definition) is 2. The van der Waals surface area contributed by atoms with Crippen LogP contribution in [0.1, 0.15) is 41.2 Å². The maximum absolute atomic E-state index is 12.3. The van der Waals surface area contributed by atoms with Crippen LogP contribution in [0.5, 0.6) is 0 Å². The van der Waals surface area contributed by atoms with E-state index in [-0.39, 0.29) is 30.2 Å². The lowest BCUT2D eigenvalue weighted by Crippen LogP contribution is -2.40. The zero-order chi connectivity index (χ0) is 16.4. The summed E-state index contributed by atoms with van der Waals surface area (Å²) in [6, 6.07) is 3.39. The molecule has 0 bridgehead atoms. The van der Waals surface area contributed by atoms with Crippen LogP contribution in [-0.2, 0) is 24.3 Å². The van der Waals surface area contributed by atoms with Gasteiger partial charge in [0.1, 0.15) is 11.6 Å². The molecule has 2 N–H and O–H groups in total. The average molecular weight is 316 g/mol. The van der Waals surface area contributed by atoms with Crippen molar-refractivity contribution in [1.82, 2.24) is 20.2 Å². The summed E-state index contributed by atoms with van der Waals surface area (Å²) in [6.07, 6.45) is 3.72. The number of aromatic nitrogens is 2. The first-order valence-electron chi connectivity index (χ1n) is 7.68. The van der Waals surface area contributed by atoms with Gasteiger partial charge in [-0.2, -0.15) is 0 Å². The molecular weight excluding hydrogens is 296 g/mol. The fourth-order valence-electron chi connectivity index (χ4n) is 2.77. The van der Waals surface area contributed by atoms with Crippen molar-refractivity contribution >= 4 is 11.8 Å². The second-order valence-corrected chi connectivity index (χ2v) is 5.84. The Labute approximate surface area is 134 Å². The number of nitrogens with zero attached hydrogens (tertiary/aromatic N) is 2. The van der Waals surface area contributed by atoms with E-state index in [9.17, 15) is 9.59 Å². The molecule has 0 saturated heterocycles. The van der Waals surface area contributed by atoms with E-state index in [0.717, 1.165) is 30.9 Å². The summed E-state index contributed by atoms with van der Waals surface area (Å²) in [4.78, 5) is 27.6. The molecule has 2 amide bonds. The molecule has 7 heteroatoms. The van der Waals surface area contributed by atoms with Crippen molar-refractivity contribution in [2.75, 3.05) is 0 Å². The minimum atomic E-state index is -0.232. The van der Waals surface area contributed by atoms with Crippen LogP contribution >= 0.6 is 0 Å². The van der Waals surface area contributed by atoms with Crippen molar-refractivity contribution < 1.29 is 14.0 Å². The van der Waals surface area contributed by atoms with Crippen LogP contribution in [-0.4, -0.2) is 27.4 Å². The maximum Gasteiger partial charge on any atom is 0.287 e. The fraction of sp³-hybridized carbons (Fsp3) is 0.438. The minimum Gasteiger partial charge on any atom is -0.454 e. The van der Waals surface area contributed by atoms with Crippen LogP contribution in [0.3, 0.4) is 0 Å². The molecule has 3 rings (SSSR count). The van der Waals surface area contributed by atoms with E-state index in [0.29, 0.717) is 5.76 Å². The first kappa shape index (κ1) is 15.3. The number of carbonyl (C=O) groups is 2. The van der Waals surface area contributed by atoms with E-state index in [1.54, 1.807) is 12.1 Å². The zero-order valence-electron chi connectivity index (χ0n) is 13.3. The summed E-state index contributed by atoms with van der Waals surface area (Å²) >= 11 is 0. The maximum atomic E-state index is 12.3. The molecule has 0 aliphatic carbocycles. The third-order valence-electron chi connectivity index (χ3n) is 3.85. The molecule has 0 fully saturated rings. The third kappa shape index (κ3) is 3.61. The molecule has 122 valence electrons. The van der Waals surface area contributed by atoms with Crippen molar-refractivity contribution in [3.05, 3.63) is 41.4 Å². The van der Waals surface area contributed by atoms with Gasteiger partial charge in [0, 0.05) is 32.1 Å². The molecule has 0 unspecified atom stereocenters. The Morgan fingerprint density at radius 1 is 1.43 bits per heavy atom. The molecule has 2 aromatic rings. The molecule has 23 heavy (non-hydrogen) atoms. The summed E-state index contributed by atoms with van der Waals surface area (Å²) in [5.74, 6) is 1.52.